The molecule has 0 fully saturated rings. The van der Waals surface area contributed by atoms with Crippen molar-refractivity contribution in [3.63, 3.8) is 0 Å². The van der Waals surface area contributed by atoms with E-state index < -0.39 is 0 Å². The number of benzene rings is 1. The van der Waals surface area contributed by atoms with Crippen LogP contribution in [0.5, 0.6) is 5.75 Å². The smallest absolute Gasteiger partial charge is 0.269 e. The van der Waals surface area contributed by atoms with E-state index in [0.29, 0.717) is 10.6 Å². The first kappa shape index (κ1) is 13.0. The minimum atomic E-state index is -0.388. The lowest BCUT2D eigenvalue weighted by atomic mass is 10.1. The first-order valence-electron chi connectivity index (χ1n) is 5.00. The molecule has 1 rings (SSSR count). The van der Waals surface area contributed by atoms with E-state index in [4.69, 9.17) is 4.74 Å². The maximum atomic E-state index is 10.6. The van der Waals surface area contributed by atoms with Crippen molar-refractivity contribution in [1.29, 1.82) is 0 Å². The van der Waals surface area contributed by atoms with E-state index in [-0.39, 0.29) is 10.6 Å². The zero-order valence-electron chi connectivity index (χ0n) is 9.27. The highest BCUT2D eigenvalue weighted by Crippen LogP contribution is 2.26. The molecule has 1 aromatic carbocycles. The van der Waals surface area contributed by atoms with Gasteiger partial charge in [0.05, 0.1) is 12.0 Å². The van der Waals surface area contributed by atoms with Crippen LogP contribution in [0.2, 0.25) is 0 Å². The summed E-state index contributed by atoms with van der Waals surface area (Å²) in [6, 6.07) is 4.68. The number of nitro groups is 1. The van der Waals surface area contributed by atoms with Crippen LogP contribution in [0, 0.1) is 10.1 Å². The molecule has 0 heterocycles. The lowest BCUT2D eigenvalue weighted by Crippen LogP contribution is -1.98. The van der Waals surface area contributed by atoms with Gasteiger partial charge in [0.25, 0.3) is 5.69 Å². The number of hydrogen-bond donors (Lipinski definition) is 0. The van der Waals surface area contributed by atoms with Crippen LogP contribution in [-0.2, 0) is 6.42 Å². The summed E-state index contributed by atoms with van der Waals surface area (Å²) in [5, 5.41) is 10.6. The van der Waals surface area contributed by atoms with Crippen LogP contribution in [0.4, 0.5) is 5.69 Å². The second-order valence-electron chi connectivity index (χ2n) is 3.57. The van der Waals surface area contributed by atoms with Crippen LogP contribution in [-0.4, -0.2) is 16.9 Å². The summed E-state index contributed by atoms with van der Waals surface area (Å²) in [6.07, 6.45) is 1.68. The fraction of sp³-hybridized carbons (Fsp3) is 0.455. The van der Waals surface area contributed by atoms with Crippen molar-refractivity contribution in [2.75, 3.05) is 7.11 Å². The molecule has 0 aliphatic carbocycles. The highest BCUT2D eigenvalue weighted by atomic mass is 79.9. The van der Waals surface area contributed by atoms with Crippen molar-refractivity contribution >= 4 is 21.6 Å². The normalized spacial score (nSPS) is 12.2. The standard InChI is InChI=1S/C11H14BrNO3/c1-8(12)3-4-9-7-10(13(14)15)5-6-11(9)16-2/h5-8H,3-4H2,1-2H3. The van der Waals surface area contributed by atoms with E-state index in [1.807, 2.05) is 6.92 Å². The van der Waals surface area contributed by atoms with Gasteiger partial charge in [-0.2, -0.15) is 0 Å². The number of rotatable bonds is 5. The molecule has 0 saturated carbocycles. The molecule has 0 amide bonds. The second-order valence-corrected chi connectivity index (χ2v) is 5.14. The molecule has 0 bridgehead atoms. The maximum Gasteiger partial charge on any atom is 0.269 e. The average molecular weight is 288 g/mol. The first-order valence-corrected chi connectivity index (χ1v) is 5.91. The molecular weight excluding hydrogens is 274 g/mol. The molecule has 0 spiro atoms. The molecule has 0 aliphatic rings. The maximum absolute atomic E-state index is 10.6. The molecule has 0 aromatic heterocycles. The van der Waals surface area contributed by atoms with Gasteiger partial charge in [-0.25, -0.2) is 0 Å². The Labute approximate surface area is 103 Å². The molecule has 0 N–H and O–H groups in total. The Balaban J connectivity index is 2.93. The topological polar surface area (TPSA) is 52.4 Å². The number of methoxy groups -OCH3 is 1. The number of nitrogens with zero attached hydrogens (tertiary/aromatic N) is 1. The third-order valence-corrected chi connectivity index (χ3v) is 2.74. The lowest BCUT2D eigenvalue weighted by molar-refractivity contribution is -0.384. The second kappa shape index (κ2) is 5.84. The van der Waals surface area contributed by atoms with Crippen molar-refractivity contribution in [3.8, 4) is 5.75 Å². The van der Waals surface area contributed by atoms with Crippen LogP contribution in [0.3, 0.4) is 0 Å². The highest BCUT2D eigenvalue weighted by Gasteiger charge is 2.11. The highest BCUT2D eigenvalue weighted by molar-refractivity contribution is 9.09. The van der Waals surface area contributed by atoms with Gasteiger partial charge in [0.15, 0.2) is 0 Å². The van der Waals surface area contributed by atoms with Crippen LogP contribution in [0.25, 0.3) is 0 Å². The molecule has 0 radical (unpaired) electrons. The van der Waals surface area contributed by atoms with Gasteiger partial charge in [-0.15, -0.1) is 0 Å². The Hall–Kier alpha value is -1.10. The fourth-order valence-electron chi connectivity index (χ4n) is 1.43. The minimum Gasteiger partial charge on any atom is -0.496 e. The third-order valence-electron chi connectivity index (χ3n) is 2.29. The van der Waals surface area contributed by atoms with Crippen LogP contribution in [0.1, 0.15) is 18.9 Å². The molecule has 5 heteroatoms. The Morgan fingerprint density at radius 2 is 2.25 bits per heavy atom. The van der Waals surface area contributed by atoms with Crippen LogP contribution in [0.15, 0.2) is 18.2 Å². The van der Waals surface area contributed by atoms with Crippen LogP contribution < -0.4 is 4.74 Å². The largest absolute Gasteiger partial charge is 0.496 e. The number of alkyl halides is 1. The molecule has 0 saturated heterocycles. The van der Waals surface area contributed by atoms with Gasteiger partial charge in [0.2, 0.25) is 0 Å². The Bertz CT molecular complexity index is 379. The van der Waals surface area contributed by atoms with E-state index >= 15 is 0 Å². The number of nitro benzene ring substituents is 1. The molecule has 1 atom stereocenters. The average Bonchev–Trinajstić information content (AvgIpc) is 2.25. The predicted octanol–water partition coefficient (Wildman–Crippen LogP) is 3.32. The molecule has 16 heavy (non-hydrogen) atoms. The molecule has 1 aromatic rings. The Morgan fingerprint density at radius 1 is 1.56 bits per heavy atom. The van der Waals surface area contributed by atoms with E-state index in [1.165, 1.54) is 6.07 Å². The number of ether oxygens (including phenoxy) is 1. The van der Waals surface area contributed by atoms with E-state index in [9.17, 15) is 10.1 Å². The summed E-state index contributed by atoms with van der Waals surface area (Å²) in [7, 11) is 1.57. The van der Waals surface area contributed by atoms with Crippen molar-refractivity contribution in [2.24, 2.45) is 0 Å². The van der Waals surface area contributed by atoms with Crippen molar-refractivity contribution in [3.05, 3.63) is 33.9 Å². The van der Waals surface area contributed by atoms with Gasteiger partial charge in [-0.3, -0.25) is 10.1 Å². The summed E-state index contributed by atoms with van der Waals surface area (Å²) in [4.78, 5) is 10.6. The van der Waals surface area contributed by atoms with Gasteiger partial charge in [0.1, 0.15) is 5.75 Å². The summed E-state index contributed by atoms with van der Waals surface area (Å²) in [5.41, 5.74) is 0.987. The van der Waals surface area contributed by atoms with E-state index in [2.05, 4.69) is 15.9 Å². The number of non-ortho nitro benzene ring substituents is 1. The van der Waals surface area contributed by atoms with E-state index in [1.54, 1.807) is 19.2 Å². The van der Waals surface area contributed by atoms with Gasteiger partial charge < -0.3 is 4.74 Å². The zero-order valence-corrected chi connectivity index (χ0v) is 10.9. The van der Waals surface area contributed by atoms with Gasteiger partial charge in [-0.05, 0) is 18.9 Å². The molecule has 88 valence electrons. The Morgan fingerprint density at radius 3 is 2.75 bits per heavy atom. The number of hydrogen-bond acceptors (Lipinski definition) is 3. The van der Waals surface area contributed by atoms with Gasteiger partial charge in [0, 0.05) is 22.5 Å². The van der Waals surface area contributed by atoms with Crippen molar-refractivity contribution in [2.45, 2.75) is 24.6 Å². The Kier molecular flexibility index (Phi) is 4.73. The van der Waals surface area contributed by atoms with Gasteiger partial charge >= 0.3 is 0 Å². The monoisotopic (exact) mass is 287 g/mol. The minimum absolute atomic E-state index is 0.109. The first-order chi connectivity index (χ1) is 7.54. The summed E-state index contributed by atoms with van der Waals surface area (Å²) < 4.78 is 5.17. The molecule has 0 aliphatic heterocycles. The van der Waals surface area contributed by atoms with E-state index in [0.717, 1.165) is 18.4 Å². The SMILES string of the molecule is COc1ccc([N+](=O)[O-])cc1CCC(C)Br. The summed E-state index contributed by atoms with van der Waals surface area (Å²) >= 11 is 3.45. The third kappa shape index (κ3) is 3.48. The molecular formula is C11H14BrNO3. The zero-order chi connectivity index (χ0) is 12.1. The van der Waals surface area contributed by atoms with Crippen molar-refractivity contribution < 1.29 is 9.66 Å². The summed E-state index contributed by atoms with van der Waals surface area (Å²) in [5.74, 6) is 0.707. The molecule has 4 nitrogen and oxygen atoms in total. The van der Waals surface area contributed by atoms with Crippen molar-refractivity contribution in [1.82, 2.24) is 0 Å². The predicted molar refractivity (Wildman–Crippen MR) is 66.4 cm³/mol. The van der Waals surface area contributed by atoms with Gasteiger partial charge in [-0.1, -0.05) is 22.9 Å². The number of aryl methyl sites for hydroxylation is 1. The summed E-state index contributed by atoms with van der Waals surface area (Å²) in [6.45, 7) is 2.05. The quantitative estimate of drug-likeness (QED) is 0.474. The van der Waals surface area contributed by atoms with Crippen LogP contribution >= 0.6 is 15.9 Å². The molecule has 1 unspecified atom stereocenters. The fourth-order valence-corrected chi connectivity index (χ4v) is 1.66. The lowest BCUT2D eigenvalue weighted by Gasteiger charge is -2.08. The number of halogens is 1.